The smallest absolute Gasteiger partial charge is 0.303 e. The molecule has 2 heterocycles. The molecule has 1 aromatic rings. The minimum Gasteiger partial charge on any atom is -0.481 e. The molecule has 0 aliphatic carbocycles. The molecule has 6 heteroatoms. The lowest BCUT2D eigenvalue weighted by molar-refractivity contribution is -0.139. The van der Waals surface area contributed by atoms with E-state index in [1.54, 1.807) is 11.3 Å². The lowest BCUT2D eigenvalue weighted by Gasteiger charge is -2.35. The number of carbonyl (C=O) groups excluding carboxylic acids is 1. The Balaban J connectivity index is 1.72. The highest BCUT2D eigenvalue weighted by Crippen LogP contribution is 2.14. The summed E-state index contributed by atoms with van der Waals surface area (Å²) in [5.41, 5.74) is 1.33. The number of rotatable bonds is 6. The zero-order valence-corrected chi connectivity index (χ0v) is 13.1. The van der Waals surface area contributed by atoms with Crippen molar-refractivity contribution in [1.82, 2.24) is 9.80 Å². The van der Waals surface area contributed by atoms with E-state index in [0.717, 1.165) is 32.7 Å². The molecule has 1 aliphatic heterocycles. The van der Waals surface area contributed by atoms with Crippen LogP contribution in [0.1, 0.15) is 25.3 Å². The van der Waals surface area contributed by atoms with Gasteiger partial charge in [0.2, 0.25) is 5.91 Å². The Morgan fingerprint density at radius 3 is 2.57 bits per heavy atom. The molecule has 5 nitrogen and oxygen atoms in total. The first-order valence-electron chi connectivity index (χ1n) is 7.27. The maximum atomic E-state index is 12.1. The van der Waals surface area contributed by atoms with Crippen molar-refractivity contribution in [3.8, 4) is 0 Å². The molecule has 1 atom stereocenters. The van der Waals surface area contributed by atoms with Gasteiger partial charge in [0.15, 0.2) is 0 Å². The van der Waals surface area contributed by atoms with Crippen molar-refractivity contribution >= 4 is 23.2 Å². The first kappa shape index (κ1) is 16.0. The molecule has 0 radical (unpaired) electrons. The zero-order valence-electron chi connectivity index (χ0n) is 12.3. The third kappa shape index (κ3) is 5.13. The maximum Gasteiger partial charge on any atom is 0.303 e. The Labute approximate surface area is 129 Å². The van der Waals surface area contributed by atoms with E-state index in [-0.39, 0.29) is 18.2 Å². The third-order valence-electron chi connectivity index (χ3n) is 3.76. The predicted molar refractivity (Wildman–Crippen MR) is 82.2 cm³/mol. The van der Waals surface area contributed by atoms with Crippen molar-refractivity contribution in [3.63, 3.8) is 0 Å². The molecule has 1 aromatic heterocycles. The second-order valence-corrected chi connectivity index (χ2v) is 6.48. The van der Waals surface area contributed by atoms with E-state index >= 15 is 0 Å². The molecular formula is C15H22N2O3S. The lowest BCUT2D eigenvalue weighted by Crippen LogP contribution is -2.48. The maximum absolute atomic E-state index is 12.1. The molecule has 0 aromatic carbocycles. The standard InChI is InChI=1S/C15H22N2O3S/c1-12(9-15(19)20)8-14(18)17-5-3-16(4-6-17)10-13-2-7-21-11-13/h2,7,11-12H,3-6,8-10H2,1H3,(H,19,20). The van der Waals surface area contributed by atoms with E-state index in [9.17, 15) is 9.59 Å². The summed E-state index contributed by atoms with van der Waals surface area (Å²) in [5, 5.41) is 13.0. The predicted octanol–water partition coefficient (Wildman–Crippen LogP) is 1.89. The Morgan fingerprint density at radius 1 is 1.29 bits per heavy atom. The molecule has 21 heavy (non-hydrogen) atoms. The summed E-state index contributed by atoms with van der Waals surface area (Å²) in [5.74, 6) is -0.853. The van der Waals surface area contributed by atoms with Crippen LogP contribution in [0.3, 0.4) is 0 Å². The minimum atomic E-state index is -0.837. The fourth-order valence-corrected chi connectivity index (χ4v) is 3.25. The summed E-state index contributed by atoms with van der Waals surface area (Å²) >= 11 is 1.71. The number of carbonyl (C=O) groups is 2. The lowest BCUT2D eigenvalue weighted by atomic mass is 10.0. The van der Waals surface area contributed by atoms with Gasteiger partial charge in [-0.05, 0) is 28.3 Å². The van der Waals surface area contributed by atoms with Gasteiger partial charge in [-0.1, -0.05) is 6.92 Å². The number of nitrogens with zero attached hydrogens (tertiary/aromatic N) is 2. The quantitative estimate of drug-likeness (QED) is 0.872. The topological polar surface area (TPSA) is 60.9 Å². The number of thiophene rings is 1. The summed E-state index contributed by atoms with van der Waals surface area (Å²) in [7, 11) is 0. The van der Waals surface area contributed by atoms with Crippen LogP contribution in [0.2, 0.25) is 0 Å². The number of carboxylic acid groups (broad SMARTS) is 1. The van der Waals surface area contributed by atoms with Crippen LogP contribution in [-0.2, 0) is 16.1 Å². The van der Waals surface area contributed by atoms with Crippen molar-refractivity contribution in [2.24, 2.45) is 5.92 Å². The van der Waals surface area contributed by atoms with Crippen LogP contribution < -0.4 is 0 Å². The normalized spacial score (nSPS) is 17.7. The van der Waals surface area contributed by atoms with Gasteiger partial charge in [-0.3, -0.25) is 14.5 Å². The summed E-state index contributed by atoms with van der Waals surface area (Å²) in [6.45, 7) is 6.01. The molecule has 1 N–H and O–H groups in total. The monoisotopic (exact) mass is 310 g/mol. The second kappa shape index (κ2) is 7.56. The summed E-state index contributed by atoms with van der Waals surface area (Å²) in [6.07, 6.45) is 0.390. The first-order chi connectivity index (χ1) is 10.0. The van der Waals surface area contributed by atoms with Gasteiger partial charge >= 0.3 is 5.97 Å². The van der Waals surface area contributed by atoms with Gasteiger partial charge in [0.25, 0.3) is 0 Å². The van der Waals surface area contributed by atoms with Gasteiger partial charge in [-0.15, -0.1) is 0 Å². The largest absolute Gasteiger partial charge is 0.481 e. The molecule has 0 bridgehead atoms. The Morgan fingerprint density at radius 2 is 2.00 bits per heavy atom. The molecule has 0 spiro atoms. The first-order valence-corrected chi connectivity index (χ1v) is 8.22. The number of amides is 1. The van der Waals surface area contributed by atoms with Crippen LogP contribution in [0, 0.1) is 5.92 Å². The van der Waals surface area contributed by atoms with Gasteiger partial charge < -0.3 is 10.0 Å². The van der Waals surface area contributed by atoms with Crippen LogP contribution in [0.15, 0.2) is 16.8 Å². The average molecular weight is 310 g/mol. The van der Waals surface area contributed by atoms with Crippen LogP contribution in [-0.4, -0.2) is 53.0 Å². The highest BCUT2D eigenvalue weighted by Gasteiger charge is 2.23. The van der Waals surface area contributed by atoms with E-state index in [0.29, 0.717) is 6.42 Å². The van der Waals surface area contributed by atoms with E-state index in [1.807, 2.05) is 11.8 Å². The van der Waals surface area contributed by atoms with Gasteiger partial charge in [0.1, 0.15) is 0 Å². The third-order valence-corrected chi connectivity index (χ3v) is 4.49. The molecular weight excluding hydrogens is 288 g/mol. The summed E-state index contributed by atoms with van der Waals surface area (Å²) in [6, 6.07) is 2.13. The molecule has 2 rings (SSSR count). The fraction of sp³-hybridized carbons (Fsp3) is 0.600. The van der Waals surface area contributed by atoms with Crippen molar-refractivity contribution in [2.45, 2.75) is 26.3 Å². The van der Waals surface area contributed by atoms with Gasteiger partial charge in [0, 0.05) is 45.6 Å². The van der Waals surface area contributed by atoms with E-state index < -0.39 is 5.97 Å². The number of hydrogen-bond acceptors (Lipinski definition) is 4. The highest BCUT2D eigenvalue weighted by atomic mass is 32.1. The number of aliphatic carboxylic acids is 1. The van der Waals surface area contributed by atoms with Crippen molar-refractivity contribution < 1.29 is 14.7 Å². The number of carboxylic acids is 1. The average Bonchev–Trinajstić information content (AvgIpc) is 2.91. The minimum absolute atomic E-state index is 0.0594. The Kier molecular flexibility index (Phi) is 5.76. The van der Waals surface area contributed by atoms with E-state index in [4.69, 9.17) is 5.11 Å². The molecule has 1 saturated heterocycles. The molecule has 1 fully saturated rings. The zero-order chi connectivity index (χ0) is 15.2. The molecule has 1 unspecified atom stereocenters. The van der Waals surface area contributed by atoms with E-state index in [2.05, 4.69) is 21.7 Å². The van der Waals surface area contributed by atoms with Gasteiger partial charge in [-0.25, -0.2) is 0 Å². The fourth-order valence-electron chi connectivity index (χ4n) is 2.59. The molecule has 0 saturated carbocycles. The van der Waals surface area contributed by atoms with E-state index in [1.165, 1.54) is 5.56 Å². The van der Waals surface area contributed by atoms with Crippen LogP contribution in [0.5, 0.6) is 0 Å². The van der Waals surface area contributed by atoms with Crippen molar-refractivity contribution in [2.75, 3.05) is 26.2 Å². The van der Waals surface area contributed by atoms with Crippen LogP contribution >= 0.6 is 11.3 Å². The Bertz CT molecular complexity index is 467. The molecule has 1 aliphatic rings. The SMILES string of the molecule is CC(CC(=O)O)CC(=O)N1CCN(Cc2ccsc2)CC1. The van der Waals surface area contributed by atoms with Crippen molar-refractivity contribution in [3.05, 3.63) is 22.4 Å². The van der Waals surface area contributed by atoms with Crippen LogP contribution in [0.25, 0.3) is 0 Å². The van der Waals surface area contributed by atoms with Crippen LogP contribution in [0.4, 0.5) is 0 Å². The molecule has 116 valence electrons. The van der Waals surface area contributed by atoms with Crippen molar-refractivity contribution in [1.29, 1.82) is 0 Å². The second-order valence-electron chi connectivity index (χ2n) is 5.70. The Hall–Kier alpha value is -1.40. The molecule has 1 amide bonds. The summed E-state index contributed by atoms with van der Waals surface area (Å²) < 4.78 is 0. The summed E-state index contributed by atoms with van der Waals surface area (Å²) in [4.78, 5) is 27.0. The van der Waals surface area contributed by atoms with Gasteiger partial charge in [-0.2, -0.15) is 11.3 Å². The number of hydrogen-bond donors (Lipinski definition) is 1. The number of piperazine rings is 1. The highest BCUT2D eigenvalue weighted by molar-refractivity contribution is 7.07. The van der Waals surface area contributed by atoms with Gasteiger partial charge in [0.05, 0.1) is 0 Å².